The number of carboxylic acids is 1. The Hall–Kier alpha value is -3.41. The van der Waals surface area contributed by atoms with E-state index in [1.54, 1.807) is 35.0 Å². The Morgan fingerprint density at radius 3 is 2.48 bits per heavy atom. The number of hydrogen-bond acceptors (Lipinski definition) is 3. The molecule has 0 unspecified atom stereocenters. The van der Waals surface area contributed by atoms with Crippen LogP contribution in [0.4, 0.5) is 0 Å². The summed E-state index contributed by atoms with van der Waals surface area (Å²) in [6, 6.07) is 15.2. The number of carboxylic acid groups (broad SMARTS) is 1. The maximum Gasteiger partial charge on any atom is 0.326 e. The number of aromatic nitrogens is 1. The smallest absolute Gasteiger partial charge is 0.326 e. The average molecular weight is 362 g/mol. The molecule has 4 rings (SSSR count). The summed E-state index contributed by atoms with van der Waals surface area (Å²) in [4.78, 5) is 38.2. The van der Waals surface area contributed by atoms with E-state index in [1.807, 2.05) is 24.3 Å². The van der Waals surface area contributed by atoms with Crippen LogP contribution in [0.3, 0.4) is 0 Å². The molecule has 1 aromatic heterocycles. The fourth-order valence-electron chi connectivity index (χ4n) is 3.64. The van der Waals surface area contributed by atoms with E-state index in [-0.39, 0.29) is 24.4 Å². The van der Waals surface area contributed by atoms with Crippen molar-refractivity contribution in [2.24, 2.45) is 0 Å². The highest BCUT2D eigenvalue weighted by Gasteiger charge is 2.34. The Morgan fingerprint density at radius 1 is 1.00 bits per heavy atom. The van der Waals surface area contributed by atoms with Crippen molar-refractivity contribution in [2.45, 2.75) is 25.6 Å². The maximum absolute atomic E-state index is 13.0. The molecule has 27 heavy (non-hydrogen) atoms. The van der Waals surface area contributed by atoms with Crippen LogP contribution >= 0.6 is 0 Å². The van der Waals surface area contributed by atoms with Gasteiger partial charge in [0.2, 0.25) is 5.91 Å². The normalized spacial score (nSPS) is 16.1. The molecular weight excluding hydrogens is 344 g/mol. The van der Waals surface area contributed by atoms with Crippen molar-refractivity contribution in [3.8, 4) is 0 Å². The van der Waals surface area contributed by atoms with Crippen LogP contribution < -0.4 is 5.43 Å². The van der Waals surface area contributed by atoms with Crippen LogP contribution in [0.25, 0.3) is 10.9 Å². The number of hydrogen-bond donors (Lipinski definition) is 1. The second-order valence-electron chi connectivity index (χ2n) is 6.67. The lowest BCUT2D eigenvalue weighted by atomic mass is 9.94. The van der Waals surface area contributed by atoms with Gasteiger partial charge in [-0.2, -0.15) is 0 Å². The number of benzene rings is 2. The van der Waals surface area contributed by atoms with E-state index in [2.05, 4.69) is 0 Å². The van der Waals surface area contributed by atoms with Gasteiger partial charge in [-0.05, 0) is 23.3 Å². The molecule has 0 spiro atoms. The average Bonchev–Trinajstić information content (AvgIpc) is 2.69. The lowest BCUT2D eigenvalue weighted by molar-refractivity contribution is -0.151. The van der Waals surface area contributed by atoms with Gasteiger partial charge in [0.25, 0.3) is 0 Å². The van der Waals surface area contributed by atoms with E-state index >= 15 is 0 Å². The lowest BCUT2D eigenvalue weighted by Gasteiger charge is -2.34. The van der Waals surface area contributed by atoms with Gasteiger partial charge < -0.3 is 14.6 Å². The first kappa shape index (κ1) is 17.0. The summed E-state index contributed by atoms with van der Waals surface area (Å²) in [6.45, 7) is 0.247. The molecule has 1 amide bonds. The Morgan fingerprint density at radius 2 is 1.70 bits per heavy atom. The van der Waals surface area contributed by atoms with Crippen LogP contribution in [0.1, 0.15) is 11.1 Å². The highest BCUT2D eigenvalue weighted by molar-refractivity contribution is 5.86. The molecule has 0 saturated carbocycles. The molecule has 1 aliphatic heterocycles. The zero-order chi connectivity index (χ0) is 19.0. The molecule has 1 N–H and O–H groups in total. The topological polar surface area (TPSA) is 79.6 Å². The quantitative estimate of drug-likeness (QED) is 0.773. The van der Waals surface area contributed by atoms with E-state index < -0.39 is 12.0 Å². The van der Waals surface area contributed by atoms with Gasteiger partial charge >= 0.3 is 5.97 Å². The summed E-state index contributed by atoms with van der Waals surface area (Å²) in [5.74, 6) is -1.30. The Kier molecular flexibility index (Phi) is 4.24. The van der Waals surface area contributed by atoms with Crippen molar-refractivity contribution in [1.29, 1.82) is 0 Å². The molecule has 0 aliphatic carbocycles. The number of rotatable bonds is 3. The summed E-state index contributed by atoms with van der Waals surface area (Å²) in [7, 11) is 0. The first-order valence-electron chi connectivity index (χ1n) is 8.72. The van der Waals surface area contributed by atoms with Crippen molar-refractivity contribution in [1.82, 2.24) is 9.47 Å². The molecular formula is C21H18N2O4. The molecule has 2 aromatic carbocycles. The number of fused-ring (bicyclic) bond motifs is 2. The van der Waals surface area contributed by atoms with Crippen LogP contribution in [0.15, 0.2) is 65.6 Å². The molecule has 0 saturated heterocycles. The van der Waals surface area contributed by atoms with Crippen molar-refractivity contribution < 1.29 is 14.7 Å². The molecule has 0 bridgehead atoms. The first-order chi connectivity index (χ1) is 13.0. The summed E-state index contributed by atoms with van der Waals surface area (Å²) < 4.78 is 1.69. The van der Waals surface area contributed by atoms with Crippen LogP contribution in [-0.4, -0.2) is 32.5 Å². The molecule has 3 aromatic rings. The number of aliphatic carboxylic acids is 1. The van der Waals surface area contributed by atoms with Gasteiger partial charge in [-0.1, -0.05) is 36.4 Å². The number of pyridine rings is 1. The maximum atomic E-state index is 13.0. The minimum Gasteiger partial charge on any atom is -0.480 e. The third-order valence-corrected chi connectivity index (χ3v) is 5.04. The zero-order valence-electron chi connectivity index (χ0n) is 14.5. The van der Waals surface area contributed by atoms with Gasteiger partial charge in [-0.3, -0.25) is 9.59 Å². The minimum atomic E-state index is -1.01. The Labute approximate surface area is 155 Å². The molecule has 1 atom stereocenters. The van der Waals surface area contributed by atoms with Gasteiger partial charge in [0.15, 0.2) is 5.43 Å². The molecule has 136 valence electrons. The molecule has 0 fully saturated rings. The summed E-state index contributed by atoms with van der Waals surface area (Å²) in [5.41, 5.74) is 2.48. The lowest BCUT2D eigenvalue weighted by Crippen LogP contribution is -2.49. The Bertz CT molecular complexity index is 1100. The van der Waals surface area contributed by atoms with Crippen LogP contribution in [0.2, 0.25) is 0 Å². The summed E-state index contributed by atoms with van der Waals surface area (Å²) >= 11 is 0. The number of carbonyl (C=O) groups excluding carboxylic acids is 1. The van der Waals surface area contributed by atoms with E-state index in [1.165, 1.54) is 11.0 Å². The number of para-hydroxylation sites is 1. The van der Waals surface area contributed by atoms with Crippen LogP contribution in [0.5, 0.6) is 0 Å². The fraction of sp³-hybridized carbons (Fsp3) is 0.190. The van der Waals surface area contributed by atoms with Gasteiger partial charge in [-0.25, -0.2) is 4.79 Å². The monoisotopic (exact) mass is 362 g/mol. The van der Waals surface area contributed by atoms with E-state index in [9.17, 15) is 19.5 Å². The van der Waals surface area contributed by atoms with Crippen molar-refractivity contribution in [3.63, 3.8) is 0 Å². The summed E-state index contributed by atoms with van der Waals surface area (Å²) in [6.07, 6.45) is 1.87. The van der Waals surface area contributed by atoms with Crippen LogP contribution in [0, 0.1) is 0 Å². The van der Waals surface area contributed by atoms with Gasteiger partial charge in [0.1, 0.15) is 12.6 Å². The van der Waals surface area contributed by atoms with Gasteiger partial charge in [-0.15, -0.1) is 0 Å². The van der Waals surface area contributed by atoms with E-state index in [4.69, 9.17) is 0 Å². The number of nitrogens with zero attached hydrogens (tertiary/aromatic N) is 2. The third-order valence-electron chi connectivity index (χ3n) is 5.04. The van der Waals surface area contributed by atoms with E-state index in [0.29, 0.717) is 17.3 Å². The fourth-order valence-corrected chi connectivity index (χ4v) is 3.64. The predicted molar refractivity (Wildman–Crippen MR) is 100 cm³/mol. The second-order valence-corrected chi connectivity index (χ2v) is 6.67. The first-order valence-corrected chi connectivity index (χ1v) is 8.72. The predicted octanol–water partition coefficient (Wildman–Crippen LogP) is 2.04. The molecule has 6 nitrogen and oxygen atoms in total. The summed E-state index contributed by atoms with van der Waals surface area (Å²) in [5, 5.41) is 10.1. The standard InChI is InChI=1S/C21H18N2O4/c24-19-9-10-22(17-8-4-3-7-16(17)19)13-20(25)23-12-15-6-2-1-5-14(15)11-18(23)21(26)27/h1-10,18H,11-13H2,(H,26,27)/t18-/m1/s1. The van der Waals surface area contributed by atoms with Crippen molar-refractivity contribution >= 4 is 22.8 Å². The van der Waals surface area contributed by atoms with Crippen LogP contribution in [-0.2, 0) is 29.1 Å². The van der Waals surface area contributed by atoms with Crippen molar-refractivity contribution in [3.05, 3.63) is 82.1 Å². The SMILES string of the molecule is O=C(O)[C@H]1Cc2ccccc2CN1C(=O)Cn1ccc(=O)c2ccccc21. The largest absolute Gasteiger partial charge is 0.480 e. The van der Waals surface area contributed by atoms with Gasteiger partial charge in [0.05, 0.1) is 5.52 Å². The third kappa shape index (κ3) is 3.10. The Balaban J connectivity index is 1.67. The zero-order valence-corrected chi connectivity index (χ0v) is 14.5. The van der Waals surface area contributed by atoms with E-state index in [0.717, 1.165) is 11.1 Å². The molecule has 0 radical (unpaired) electrons. The van der Waals surface area contributed by atoms with Gasteiger partial charge in [0, 0.05) is 30.6 Å². The molecule has 2 heterocycles. The van der Waals surface area contributed by atoms with Crippen molar-refractivity contribution in [2.75, 3.05) is 0 Å². The molecule has 6 heteroatoms. The second kappa shape index (κ2) is 6.72. The minimum absolute atomic E-state index is 0.0211. The highest BCUT2D eigenvalue weighted by Crippen LogP contribution is 2.24. The number of amides is 1. The molecule has 1 aliphatic rings. The highest BCUT2D eigenvalue weighted by atomic mass is 16.4. The number of carbonyl (C=O) groups is 2.